The number of carbonyl (C=O) groups excluding carboxylic acids is 6. The summed E-state index contributed by atoms with van der Waals surface area (Å²) in [6, 6.07) is 4.68. The van der Waals surface area contributed by atoms with Crippen LogP contribution < -0.4 is 46.1 Å². The molecule has 9 heterocycles. The summed E-state index contributed by atoms with van der Waals surface area (Å²) in [6.45, 7) is -6.22. The average molecular weight is 2140 g/mol. The van der Waals surface area contributed by atoms with Gasteiger partial charge in [0, 0.05) is 46.5 Å². The second kappa shape index (κ2) is 56.8. The largest absolute Gasteiger partial charge is 0.484 e. The van der Waals surface area contributed by atoms with Crippen LogP contribution in [0.4, 0.5) is 0 Å². The maximum absolute atomic E-state index is 13.6. The fraction of sp³-hybridized carbons (Fsp3) is 0.795. The van der Waals surface area contributed by atoms with E-state index in [1.54, 1.807) is 19.1 Å². The number of aliphatic hydroxyl groups is 27. The van der Waals surface area contributed by atoms with Gasteiger partial charge in [-0.05, 0) is 67.1 Å². The van der Waals surface area contributed by atoms with E-state index in [2.05, 4.69) is 31.9 Å². The summed E-state index contributed by atoms with van der Waals surface area (Å²) >= 11 is 0. The molecular formula is C88H138N6O54. The molecule has 2 aromatic carbocycles. The number of benzene rings is 2. The third kappa shape index (κ3) is 30.6. The number of amides is 6. The van der Waals surface area contributed by atoms with E-state index < -0.39 is 391 Å². The smallest absolute Gasteiger partial charge is 0.257 e. The highest BCUT2D eigenvalue weighted by molar-refractivity contribution is 5.79. The standard InChI is InChI=1S/C88H138N6O54/c1-32-14-36(16-38(15-32)131-29-50(107)89-8-5-11-128-80-53(92-33(2)104)62(116)74(47(26-101)140-80)143-86-71(125)77(59(113)44(23-98)137-86)146-83-68(122)65(119)56(110)41(20-95)134-83)37-17-39(132-30-51(108)90-9-6-12-129-81-54(93-34(3)105)63(117)75(48(27-102)141-81)144-87-72(126)78(60(114)45(24-99)138-87)147-84-69(123)66(120)57(111)42(21-96)135-84)19-40(18-37)133-31-52(109)91-10-7-13-130-82-55(94-35(4)106)64(118)76(49(28-103)142-82)145-88-73(127)79(61(115)46(25-100)139-88)148-85-70(124)67(121)58(112)43(22-97)136-85/h14-19,41-49,53-88,95-103,110-127H,5-13,20-31H2,1-4H3,(H,89,107)(H,90,108)(H,91,109)(H,92,104)(H,93,105)(H,94,106)/t41?,42?,43?,44?,45?,46?,47?,48?,49?,53?,54?,55?,56-,57-,58-,59-,60-,61-,62+,63+,64+,65?,66?,67?,68-,69-,70-,71?,72?,73?,74+,75+,76+,77-,78-,79-,80+,81+,82+,83+,84+,85+,86-,87-,88-/m0/s1. The van der Waals surface area contributed by atoms with Crippen LogP contribution in [-0.4, -0.2) is 568 Å². The number of aliphatic hydroxyl groups excluding tert-OH is 27. The molecule has 148 heavy (non-hydrogen) atoms. The molecule has 18 unspecified atom stereocenters. The van der Waals surface area contributed by atoms with E-state index in [0.29, 0.717) is 16.7 Å². The molecule has 9 fully saturated rings. The van der Waals surface area contributed by atoms with E-state index in [1.807, 2.05) is 0 Å². The summed E-state index contributed by atoms with van der Waals surface area (Å²) in [5.74, 6) is -4.11. The fourth-order valence-corrected chi connectivity index (χ4v) is 17.7. The van der Waals surface area contributed by atoms with Crippen molar-refractivity contribution in [1.29, 1.82) is 0 Å². The van der Waals surface area contributed by atoms with Crippen molar-refractivity contribution in [3.8, 4) is 28.4 Å². The zero-order valence-corrected chi connectivity index (χ0v) is 80.4. The number of hydrogen-bond acceptors (Lipinski definition) is 54. The van der Waals surface area contributed by atoms with Crippen LogP contribution in [0.2, 0.25) is 0 Å². The number of hydrogen-bond donors (Lipinski definition) is 33. The van der Waals surface area contributed by atoms with Gasteiger partial charge in [0.25, 0.3) is 17.7 Å². The van der Waals surface area contributed by atoms with E-state index in [4.69, 9.17) is 99.5 Å². The SMILES string of the molecule is CC(=O)NC1[C@H](OCCCNC(=O)COc2cc(C)cc(-c3cc(OCC(=O)NCCCO[C@@H]4OC(CO)[C@@H](O[C@@H]5OC(CO)[C@H](O)[C@H](O[C@H]6OC(CO)[C@H](O)C(O)[C@@H]6O)C5O)[C@H](O)C4NC(C)=O)cc(OCC(=O)NCCCO[C@@H]4OC(CO)[C@@H](O[C@@H]5OC(CO)[C@H](O)[C@H](O[C@H]6OC(CO)[C@H](O)C(O)[C@@H]6O)C5O)[C@H](O)C4NC(C)=O)c3)c2)OC(CO)[C@@H](O[C@@H]2OC(CO)[C@H](O)[C@H](O[C@H]3OC(CO)[C@H](O)C(O)[C@@H]3O)C2O)[C@@H]1O. The molecule has 0 spiro atoms. The summed E-state index contributed by atoms with van der Waals surface area (Å²) in [5, 5.41) is 304. The predicted molar refractivity (Wildman–Crippen MR) is 476 cm³/mol. The van der Waals surface area contributed by atoms with Gasteiger partial charge in [-0.25, -0.2) is 0 Å². The molecule has 9 saturated heterocycles. The van der Waals surface area contributed by atoms with Gasteiger partial charge in [0.2, 0.25) is 17.7 Å². The van der Waals surface area contributed by atoms with Gasteiger partial charge in [-0.15, -0.1) is 0 Å². The molecule has 2 aromatic rings. The Morgan fingerprint density at radius 2 is 0.480 bits per heavy atom. The van der Waals surface area contributed by atoms with Gasteiger partial charge in [-0.3, -0.25) is 28.8 Å². The predicted octanol–water partition coefficient (Wildman–Crippen LogP) is -18.9. The van der Waals surface area contributed by atoms with Crippen molar-refractivity contribution in [2.45, 2.75) is 323 Å². The van der Waals surface area contributed by atoms with Crippen molar-refractivity contribution in [3.63, 3.8) is 0 Å². The van der Waals surface area contributed by atoms with Crippen LogP contribution in [0.1, 0.15) is 45.6 Å². The normalized spacial score (nSPS) is 39.7. The first kappa shape index (κ1) is 121. The Morgan fingerprint density at radius 1 is 0.257 bits per heavy atom. The van der Waals surface area contributed by atoms with Gasteiger partial charge in [0.05, 0.1) is 79.3 Å². The van der Waals surface area contributed by atoms with Gasteiger partial charge in [0.15, 0.2) is 76.4 Å². The molecule has 9 aliphatic heterocycles. The first-order valence-electron chi connectivity index (χ1n) is 47.7. The molecule has 45 atom stereocenters. The van der Waals surface area contributed by atoms with Crippen LogP contribution >= 0.6 is 0 Å². The number of carbonyl (C=O) groups is 6. The molecule has 33 N–H and O–H groups in total. The summed E-state index contributed by atoms with van der Waals surface area (Å²) < 4.78 is 121. The van der Waals surface area contributed by atoms with Gasteiger partial charge in [-0.1, -0.05) is 6.07 Å². The Bertz CT molecular complexity index is 4270. The highest BCUT2D eigenvalue weighted by Gasteiger charge is 2.60. The molecule has 0 aromatic heterocycles. The lowest BCUT2D eigenvalue weighted by molar-refractivity contribution is -0.376. The molecule has 0 bridgehead atoms. The summed E-state index contributed by atoms with van der Waals surface area (Å²) in [6.07, 6.45) is -75.7. The molecule has 0 radical (unpaired) electrons. The van der Waals surface area contributed by atoms with E-state index in [1.165, 1.54) is 24.3 Å². The highest BCUT2D eigenvalue weighted by atomic mass is 16.8. The Kier molecular flexibility index (Phi) is 46.5. The number of rotatable bonds is 49. The highest BCUT2D eigenvalue weighted by Crippen LogP contribution is 2.41. The second-order valence-electron chi connectivity index (χ2n) is 36.5. The Morgan fingerprint density at radius 3 is 0.730 bits per heavy atom. The summed E-state index contributed by atoms with van der Waals surface area (Å²) in [7, 11) is 0. The first-order valence-corrected chi connectivity index (χ1v) is 47.7. The minimum Gasteiger partial charge on any atom is -0.484 e. The Balaban J connectivity index is 0.703. The van der Waals surface area contributed by atoms with Crippen molar-refractivity contribution in [3.05, 3.63) is 42.0 Å². The number of ether oxygens (including phenoxy) is 21. The first-order chi connectivity index (χ1) is 70.5. The van der Waals surface area contributed by atoms with Gasteiger partial charge < -0.3 is 269 Å². The zero-order valence-electron chi connectivity index (χ0n) is 80.4. The van der Waals surface area contributed by atoms with Crippen LogP contribution in [0, 0.1) is 6.92 Å². The van der Waals surface area contributed by atoms with Crippen molar-refractivity contribution in [1.82, 2.24) is 31.9 Å². The summed E-state index contributed by atoms with van der Waals surface area (Å²) in [5.41, 5.74) is 1.30. The lowest BCUT2D eigenvalue weighted by Gasteiger charge is -2.48. The monoisotopic (exact) mass is 2140 g/mol. The van der Waals surface area contributed by atoms with Crippen molar-refractivity contribution >= 4 is 35.4 Å². The van der Waals surface area contributed by atoms with Crippen molar-refractivity contribution < 1.29 is 266 Å². The lowest BCUT2D eigenvalue weighted by Crippen LogP contribution is -2.68. The van der Waals surface area contributed by atoms with Crippen molar-refractivity contribution in [2.24, 2.45) is 0 Å². The number of aryl methyl sites for hydroxylation is 1. The topological polar surface area (TPSA) is 915 Å². The molecule has 60 nitrogen and oxygen atoms in total. The molecule has 6 amide bonds. The molecule has 844 valence electrons. The van der Waals surface area contributed by atoms with E-state index in [0.717, 1.165) is 20.8 Å². The maximum Gasteiger partial charge on any atom is 0.257 e. The molecule has 0 saturated carbocycles. The number of nitrogens with one attached hydrogen (secondary N) is 6. The average Bonchev–Trinajstić information content (AvgIpc) is 0.775. The molecule has 9 aliphatic rings. The zero-order chi connectivity index (χ0) is 108. The fourth-order valence-electron chi connectivity index (χ4n) is 17.7. The third-order valence-electron chi connectivity index (χ3n) is 25.6. The molecule has 11 rings (SSSR count). The lowest BCUT2D eigenvalue weighted by atomic mass is 9.95. The second-order valence-corrected chi connectivity index (χ2v) is 36.5. The van der Waals surface area contributed by atoms with E-state index in [9.17, 15) is 167 Å². The Hall–Kier alpha value is -7.14. The van der Waals surface area contributed by atoms with Crippen LogP contribution in [0.15, 0.2) is 36.4 Å². The van der Waals surface area contributed by atoms with Crippen LogP contribution in [0.3, 0.4) is 0 Å². The van der Waals surface area contributed by atoms with Crippen molar-refractivity contribution in [2.75, 3.05) is 119 Å². The molecular weight excluding hydrogens is 2000 g/mol. The molecule has 0 aliphatic carbocycles. The van der Waals surface area contributed by atoms with Crippen LogP contribution in [-0.2, 0) is 114 Å². The van der Waals surface area contributed by atoms with Gasteiger partial charge in [-0.2, -0.15) is 0 Å². The molecule has 60 heteroatoms. The van der Waals surface area contributed by atoms with Gasteiger partial charge in [0.1, 0.15) is 237 Å². The minimum atomic E-state index is -2.09. The maximum atomic E-state index is 13.6. The minimum absolute atomic E-state index is 0.00675. The van der Waals surface area contributed by atoms with E-state index in [-0.39, 0.29) is 76.0 Å². The van der Waals surface area contributed by atoms with Gasteiger partial charge >= 0.3 is 0 Å². The van der Waals surface area contributed by atoms with Crippen LogP contribution in [0.5, 0.6) is 17.2 Å². The van der Waals surface area contributed by atoms with E-state index >= 15 is 0 Å². The third-order valence-corrected chi connectivity index (χ3v) is 25.6. The quantitative estimate of drug-likeness (QED) is 0.0274. The Labute approximate surface area is 842 Å². The van der Waals surface area contributed by atoms with Crippen LogP contribution in [0.25, 0.3) is 11.1 Å². The summed E-state index contributed by atoms with van der Waals surface area (Å²) in [4.78, 5) is 78.5.